The zero-order valence-corrected chi connectivity index (χ0v) is 22.5. The highest BCUT2D eigenvalue weighted by atomic mass is 19.4. The molecule has 0 spiro atoms. The molecule has 0 bridgehead atoms. The molecule has 4 aromatic rings. The summed E-state index contributed by atoms with van der Waals surface area (Å²) in [7, 11) is 0. The molecule has 5 rings (SSSR count). The number of aromatic nitrogens is 4. The van der Waals surface area contributed by atoms with E-state index in [0.717, 1.165) is 0 Å². The Hall–Kier alpha value is -4.86. The topological polar surface area (TPSA) is 168 Å². The number of nitrogens with two attached hydrogens (primary N) is 1. The minimum Gasteiger partial charge on any atom is -0.475 e. The van der Waals surface area contributed by atoms with Crippen molar-refractivity contribution in [1.29, 1.82) is 0 Å². The number of imidazole rings is 1. The van der Waals surface area contributed by atoms with Crippen molar-refractivity contribution in [2.75, 3.05) is 23.3 Å². The van der Waals surface area contributed by atoms with E-state index >= 15 is 0 Å². The van der Waals surface area contributed by atoms with E-state index in [0.29, 0.717) is 35.5 Å². The number of carbonyl (C=O) groups is 3. The molecule has 5 N–H and O–H groups in total. The molecule has 0 aliphatic carbocycles. The summed E-state index contributed by atoms with van der Waals surface area (Å²) in [6.45, 7) is 7.32. The smallest absolute Gasteiger partial charge is 0.475 e. The maximum Gasteiger partial charge on any atom is 0.490 e. The zero-order chi connectivity index (χ0) is 30.9. The Bertz CT molecular complexity index is 1680. The molecule has 4 aromatic heterocycles. The second-order valence-corrected chi connectivity index (χ2v) is 9.80. The number of halogens is 4. The number of hydrogen-bond acceptors (Lipinski definition) is 8. The first-order valence-electron chi connectivity index (χ1n) is 12.5. The standard InChI is InChI=1S/C24H25FN8O2.C2HF3O2/c1-12-8-32(9-13(2)29-12)22-17-4-15(21(26)34)6-27-20(17)18(7-28-22)24(35)31-16-5-19(25)23-30-14(3)10-33(23)11-16;3-2(4,5)1(6)7/h4-7,10-13,29H,8-9H2,1-3H3,(H2,26,34)(H,31,35);(H,6,7)/t12-,13+;. The van der Waals surface area contributed by atoms with Crippen LogP contribution >= 0.6 is 0 Å². The third kappa shape index (κ3) is 6.54. The molecule has 222 valence electrons. The van der Waals surface area contributed by atoms with Crippen molar-refractivity contribution in [3.63, 3.8) is 0 Å². The second kappa shape index (κ2) is 11.6. The zero-order valence-electron chi connectivity index (χ0n) is 22.5. The number of pyridine rings is 3. The van der Waals surface area contributed by atoms with Crippen LogP contribution in [-0.4, -0.2) is 73.6 Å². The van der Waals surface area contributed by atoms with Crippen LogP contribution in [0.5, 0.6) is 0 Å². The Morgan fingerprint density at radius 1 is 1.10 bits per heavy atom. The molecule has 1 aliphatic heterocycles. The van der Waals surface area contributed by atoms with Gasteiger partial charge in [0.05, 0.1) is 28.0 Å². The number of hydrogen-bond donors (Lipinski definition) is 4. The number of carbonyl (C=O) groups excluding carboxylic acids is 2. The maximum atomic E-state index is 14.5. The molecule has 2 atom stereocenters. The van der Waals surface area contributed by atoms with Crippen LogP contribution in [0.1, 0.15) is 40.3 Å². The minimum absolute atomic E-state index is 0.178. The van der Waals surface area contributed by atoms with Crippen LogP contribution in [0.3, 0.4) is 0 Å². The lowest BCUT2D eigenvalue weighted by Crippen LogP contribution is -2.54. The highest BCUT2D eigenvalue weighted by Gasteiger charge is 2.38. The van der Waals surface area contributed by atoms with Crippen LogP contribution in [0.4, 0.5) is 29.1 Å². The Morgan fingerprint density at radius 3 is 2.33 bits per heavy atom. The third-order valence-corrected chi connectivity index (χ3v) is 6.21. The minimum atomic E-state index is -5.08. The van der Waals surface area contributed by atoms with Crippen molar-refractivity contribution in [3.05, 3.63) is 59.6 Å². The molecule has 0 unspecified atom stereocenters. The summed E-state index contributed by atoms with van der Waals surface area (Å²) in [4.78, 5) is 49.2. The van der Waals surface area contributed by atoms with Gasteiger partial charge in [0.25, 0.3) is 5.91 Å². The fourth-order valence-corrected chi connectivity index (χ4v) is 4.61. The Morgan fingerprint density at radius 2 is 1.74 bits per heavy atom. The van der Waals surface area contributed by atoms with Gasteiger partial charge in [0, 0.05) is 61.4 Å². The summed E-state index contributed by atoms with van der Waals surface area (Å²) in [6.07, 6.45) is 0.969. The summed E-state index contributed by atoms with van der Waals surface area (Å²) in [5, 5.41) is 13.9. The highest BCUT2D eigenvalue weighted by Crippen LogP contribution is 2.29. The number of aryl methyl sites for hydroxylation is 1. The average molecular weight is 591 g/mol. The fraction of sp³-hybridized carbons (Fsp3) is 0.308. The molecule has 5 heterocycles. The first-order valence-corrected chi connectivity index (χ1v) is 12.5. The molecule has 0 radical (unpaired) electrons. The number of rotatable bonds is 4. The Labute approximate surface area is 235 Å². The van der Waals surface area contributed by atoms with E-state index < -0.39 is 29.8 Å². The van der Waals surface area contributed by atoms with Crippen LogP contribution in [0.2, 0.25) is 0 Å². The monoisotopic (exact) mass is 590 g/mol. The van der Waals surface area contributed by atoms with E-state index in [4.69, 9.17) is 15.6 Å². The van der Waals surface area contributed by atoms with Crippen molar-refractivity contribution in [1.82, 2.24) is 24.7 Å². The molecule has 0 aromatic carbocycles. The third-order valence-electron chi connectivity index (χ3n) is 6.21. The maximum absolute atomic E-state index is 14.5. The first kappa shape index (κ1) is 30.1. The second-order valence-electron chi connectivity index (χ2n) is 9.80. The highest BCUT2D eigenvalue weighted by molar-refractivity contribution is 6.13. The fourth-order valence-electron chi connectivity index (χ4n) is 4.61. The van der Waals surface area contributed by atoms with Crippen LogP contribution in [-0.2, 0) is 4.79 Å². The predicted octanol–water partition coefficient (Wildman–Crippen LogP) is 2.90. The lowest BCUT2D eigenvalue weighted by molar-refractivity contribution is -0.192. The van der Waals surface area contributed by atoms with Gasteiger partial charge in [-0.25, -0.2) is 19.2 Å². The van der Waals surface area contributed by atoms with E-state index in [2.05, 4.69) is 44.3 Å². The molecular weight excluding hydrogens is 564 g/mol. The van der Waals surface area contributed by atoms with E-state index in [1.807, 2.05) is 0 Å². The van der Waals surface area contributed by atoms with Crippen LogP contribution in [0.15, 0.2) is 36.9 Å². The van der Waals surface area contributed by atoms with Crippen molar-refractivity contribution >= 4 is 45.8 Å². The van der Waals surface area contributed by atoms with Crippen LogP contribution in [0.25, 0.3) is 16.6 Å². The van der Waals surface area contributed by atoms with E-state index in [1.54, 1.807) is 25.4 Å². The van der Waals surface area contributed by atoms with Gasteiger partial charge in [-0.05, 0) is 26.8 Å². The Balaban J connectivity index is 0.000000517. The molecule has 1 saturated heterocycles. The summed E-state index contributed by atoms with van der Waals surface area (Å²) < 4.78 is 47.7. The van der Waals surface area contributed by atoms with Gasteiger partial charge in [0.1, 0.15) is 5.82 Å². The van der Waals surface area contributed by atoms with E-state index in [-0.39, 0.29) is 34.5 Å². The van der Waals surface area contributed by atoms with Gasteiger partial charge in [0.15, 0.2) is 11.5 Å². The summed E-state index contributed by atoms with van der Waals surface area (Å²) in [5.74, 6) is -3.82. The first-order chi connectivity index (χ1) is 19.6. The number of alkyl halides is 3. The summed E-state index contributed by atoms with van der Waals surface area (Å²) >= 11 is 0. The number of amides is 2. The number of nitrogens with one attached hydrogen (secondary N) is 2. The quantitative estimate of drug-likeness (QED) is 0.261. The molecule has 42 heavy (non-hydrogen) atoms. The molecule has 16 heteroatoms. The number of aliphatic carboxylic acids is 1. The number of primary amides is 1. The number of carboxylic acid groups (broad SMARTS) is 1. The van der Waals surface area contributed by atoms with Crippen molar-refractivity contribution in [2.24, 2.45) is 5.73 Å². The summed E-state index contributed by atoms with van der Waals surface area (Å²) in [5.41, 5.74) is 7.37. The van der Waals surface area contributed by atoms with Gasteiger partial charge in [-0.3, -0.25) is 14.6 Å². The van der Waals surface area contributed by atoms with Gasteiger partial charge >= 0.3 is 12.1 Å². The molecule has 1 fully saturated rings. The van der Waals surface area contributed by atoms with Gasteiger partial charge < -0.3 is 30.8 Å². The van der Waals surface area contributed by atoms with Crippen molar-refractivity contribution in [3.8, 4) is 0 Å². The van der Waals surface area contributed by atoms with Crippen molar-refractivity contribution < 1.29 is 37.1 Å². The normalized spacial score (nSPS) is 17.1. The summed E-state index contributed by atoms with van der Waals surface area (Å²) in [6, 6.07) is 3.28. The number of nitrogens with zero attached hydrogens (tertiary/aromatic N) is 5. The van der Waals surface area contributed by atoms with Crippen LogP contribution in [0, 0.1) is 12.7 Å². The van der Waals surface area contributed by atoms with E-state index in [1.165, 1.54) is 22.9 Å². The molecule has 2 amide bonds. The molecule has 12 nitrogen and oxygen atoms in total. The number of fused-ring (bicyclic) bond motifs is 2. The SMILES string of the molecule is Cc1cn2cc(NC(=O)c3cnc(N4C[C@@H](C)N[C@@H](C)C4)c4cc(C(N)=O)cnc34)cc(F)c2n1.O=C(O)C(F)(F)F. The number of anilines is 2. The average Bonchev–Trinajstić information content (AvgIpc) is 3.27. The molecule has 0 saturated carbocycles. The van der Waals surface area contributed by atoms with Gasteiger partial charge in [0.2, 0.25) is 5.91 Å². The number of piperazine rings is 1. The van der Waals surface area contributed by atoms with Gasteiger partial charge in [-0.1, -0.05) is 0 Å². The predicted molar refractivity (Wildman–Crippen MR) is 144 cm³/mol. The van der Waals surface area contributed by atoms with Crippen molar-refractivity contribution in [2.45, 2.75) is 39.0 Å². The Kier molecular flexibility index (Phi) is 8.28. The number of carboxylic acids is 1. The lowest BCUT2D eigenvalue weighted by atomic mass is 10.1. The largest absolute Gasteiger partial charge is 0.490 e. The van der Waals surface area contributed by atoms with E-state index in [9.17, 15) is 27.2 Å². The molecule has 1 aliphatic rings. The lowest BCUT2D eigenvalue weighted by Gasteiger charge is -2.37. The van der Waals surface area contributed by atoms with Crippen LogP contribution < -0.4 is 21.3 Å². The van der Waals surface area contributed by atoms with Gasteiger partial charge in [-0.15, -0.1) is 0 Å². The van der Waals surface area contributed by atoms with Gasteiger partial charge in [-0.2, -0.15) is 13.2 Å². The molecular formula is C26H26F4N8O4.